The van der Waals surface area contributed by atoms with Crippen LogP contribution in [0.2, 0.25) is 0 Å². The predicted octanol–water partition coefficient (Wildman–Crippen LogP) is 2.83. The van der Waals surface area contributed by atoms with Gasteiger partial charge in [-0.2, -0.15) is 0 Å². The van der Waals surface area contributed by atoms with Gasteiger partial charge < -0.3 is 10.1 Å². The highest BCUT2D eigenvalue weighted by atomic mass is 16.5. The van der Waals surface area contributed by atoms with Crippen LogP contribution in [-0.2, 0) is 19.4 Å². The van der Waals surface area contributed by atoms with Gasteiger partial charge in [-0.3, -0.25) is 0 Å². The lowest BCUT2D eigenvalue weighted by Gasteiger charge is -2.20. The van der Waals surface area contributed by atoms with E-state index in [0.29, 0.717) is 6.10 Å². The van der Waals surface area contributed by atoms with E-state index < -0.39 is 0 Å². The average Bonchev–Trinajstić information content (AvgIpc) is 2.57. The van der Waals surface area contributed by atoms with Crippen molar-refractivity contribution < 1.29 is 4.74 Å². The Labute approximate surface area is 103 Å². The molecule has 0 aromatic heterocycles. The van der Waals surface area contributed by atoms with Crippen molar-refractivity contribution >= 4 is 0 Å². The van der Waals surface area contributed by atoms with Gasteiger partial charge in [0.25, 0.3) is 0 Å². The molecular weight excluding hydrogens is 210 g/mol. The van der Waals surface area contributed by atoms with Crippen LogP contribution in [0.1, 0.15) is 42.9 Å². The maximum absolute atomic E-state index is 6.11. The fraction of sp³-hybridized carbons (Fsp3) is 0.600. The molecule has 1 N–H and O–H groups in total. The van der Waals surface area contributed by atoms with E-state index in [4.69, 9.17) is 4.74 Å². The number of nitrogens with one attached hydrogen (secondary N) is 1. The van der Waals surface area contributed by atoms with Gasteiger partial charge in [-0.05, 0) is 49.3 Å². The summed E-state index contributed by atoms with van der Waals surface area (Å²) in [5.74, 6) is 1.13. The Morgan fingerprint density at radius 2 is 1.94 bits per heavy atom. The van der Waals surface area contributed by atoms with E-state index in [1.807, 2.05) is 0 Å². The van der Waals surface area contributed by atoms with Crippen molar-refractivity contribution in [2.24, 2.45) is 0 Å². The van der Waals surface area contributed by atoms with Crippen LogP contribution in [-0.4, -0.2) is 12.6 Å². The van der Waals surface area contributed by atoms with Crippen LogP contribution in [0.15, 0.2) is 12.1 Å². The Morgan fingerprint density at radius 1 is 1.18 bits per heavy atom. The maximum Gasteiger partial charge on any atom is 0.124 e. The van der Waals surface area contributed by atoms with Crippen LogP contribution in [0.5, 0.6) is 5.75 Å². The number of ether oxygens (including phenoxy) is 1. The van der Waals surface area contributed by atoms with E-state index in [0.717, 1.165) is 25.3 Å². The molecule has 2 heteroatoms. The van der Waals surface area contributed by atoms with Crippen molar-refractivity contribution in [1.82, 2.24) is 5.32 Å². The van der Waals surface area contributed by atoms with Gasteiger partial charge in [0, 0.05) is 18.7 Å². The number of fused-ring (bicyclic) bond motifs is 2. The van der Waals surface area contributed by atoms with E-state index in [1.165, 1.54) is 36.8 Å². The van der Waals surface area contributed by atoms with Crippen LogP contribution in [0.4, 0.5) is 0 Å². The van der Waals surface area contributed by atoms with Gasteiger partial charge in [-0.15, -0.1) is 0 Å². The lowest BCUT2D eigenvalue weighted by molar-refractivity contribution is 0.201. The van der Waals surface area contributed by atoms with Gasteiger partial charge in [0.05, 0.1) is 0 Å². The van der Waals surface area contributed by atoms with Crippen LogP contribution in [0, 0.1) is 0 Å². The molecule has 2 aliphatic rings. The number of rotatable bonds is 1. The second kappa shape index (κ2) is 4.69. The normalized spacial score (nSPS) is 23.2. The zero-order valence-electron chi connectivity index (χ0n) is 10.6. The first-order chi connectivity index (χ1) is 8.36. The molecule has 0 saturated carbocycles. The second-order valence-electron chi connectivity index (χ2n) is 5.21. The number of hydrogen-bond donors (Lipinski definition) is 1. The molecule has 0 unspecified atom stereocenters. The summed E-state index contributed by atoms with van der Waals surface area (Å²) in [5, 5.41) is 3.49. The zero-order valence-corrected chi connectivity index (χ0v) is 10.6. The molecule has 1 aromatic carbocycles. The summed E-state index contributed by atoms with van der Waals surface area (Å²) in [7, 11) is 0. The Balaban J connectivity index is 1.96. The minimum absolute atomic E-state index is 0.331. The van der Waals surface area contributed by atoms with Crippen molar-refractivity contribution in [3.8, 4) is 5.75 Å². The fourth-order valence-corrected chi connectivity index (χ4v) is 2.88. The molecule has 1 aromatic rings. The van der Waals surface area contributed by atoms with E-state index >= 15 is 0 Å². The third-order valence-corrected chi connectivity index (χ3v) is 3.96. The molecule has 17 heavy (non-hydrogen) atoms. The number of benzene rings is 1. The quantitative estimate of drug-likeness (QED) is 0.802. The molecule has 0 spiro atoms. The summed E-state index contributed by atoms with van der Waals surface area (Å²) in [5.41, 5.74) is 4.42. The van der Waals surface area contributed by atoms with Crippen molar-refractivity contribution in [2.75, 3.05) is 6.54 Å². The summed E-state index contributed by atoms with van der Waals surface area (Å²) in [6.45, 7) is 4.12. The van der Waals surface area contributed by atoms with Crippen molar-refractivity contribution in [2.45, 2.75) is 51.7 Å². The smallest absolute Gasteiger partial charge is 0.124 e. The fourth-order valence-electron chi connectivity index (χ4n) is 2.88. The van der Waals surface area contributed by atoms with Gasteiger partial charge in [0.15, 0.2) is 0 Å². The highest BCUT2D eigenvalue weighted by Crippen LogP contribution is 2.31. The second-order valence-corrected chi connectivity index (χ2v) is 5.21. The van der Waals surface area contributed by atoms with Crippen molar-refractivity contribution in [3.05, 3.63) is 28.8 Å². The van der Waals surface area contributed by atoms with E-state index in [-0.39, 0.29) is 0 Å². The van der Waals surface area contributed by atoms with Crippen molar-refractivity contribution in [1.29, 1.82) is 0 Å². The lowest BCUT2D eigenvalue weighted by Crippen LogP contribution is -2.27. The average molecular weight is 231 g/mol. The number of hydrogen-bond acceptors (Lipinski definition) is 2. The molecule has 1 aliphatic carbocycles. The zero-order chi connectivity index (χ0) is 11.7. The summed E-state index contributed by atoms with van der Waals surface area (Å²) >= 11 is 0. The van der Waals surface area contributed by atoms with Gasteiger partial charge in [0.2, 0.25) is 0 Å². The number of aryl methyl sites for hydroxylation is 2. The molecule has 2 nitrogen and oxygen atoms in total. The first-order valence-corrected chi connectivity index (χ1v) is 6.89. The molecule has 1 atom stereocenters. The van der Waals surface area contributed by atoms with Gasteiger partial charge >= 0.3 is 0 Å². The molecule has 92 valence electrons. The lowest BCUT2D eigenvalue weighted by atomic mass is 9.90. The van der Waals surface area contributed by atoms with Gasteiger partial charge in [-0.1, -0.05) is 13.0 Å². The summed E-state index contributed by atoms with van der Waals surface area (Å²) in [6.07, 6.45) is 6.57. The Hall–Kier alpha value is -1.02. The maximum atomic E-state index is 6.11. The van der Waals surface area contributed by atoms with Crippen LogP contribution in [0.25, 0.3) is 0 Å². The Morgan fingerprint density at radius 3 is 2.71 bits per heavy atom. The summed E-state index contributed by atoms with van der Waals surface area (Å²) < 4.78 is 6.11. The standard InChI is InChI=1S/C15H21NO/c1-2-14-10-16-9-13-7-11-5-3-4-6-12(11)8-15(13)17-14/h7-8,14,16H,2-6,9-10H2,1H3/t14-/m1/s1. The predicted molar refractivity (Wildman–Crippen MR) is 69.5 cm³/mol. The molecule has 3 rings (SSSR count). The van der Waals surface area contributed by atoms with Gasteiger partial charge in [-0.25, -0.2) is 0 Å². The van der Waals surface area contributed by atoms with Gasteiger partial charge in [0.1, 0.15) is 11.9 Å². The molecule has 0 fully saturated rings. The largest absolute Gasteiger partial charge is 0.489 e. The van der Waals surface area contributed by atoms with Crippen LogP contribution >= 0.6 is 0 Å². The minimum Gasteiger partial charge on any atom is -0.489 e. The SMILES string of the molecule is CC[C@@H]1CNCc2cc3c(cc2O1)CCCC3. The first-order valence-electron chi connectivity index (χ1n) is 6.89. The molecule has 0 amide bonds. The van der Waals surface area contributed by atoms with E-state index in [1.54, 1.807) is 5.56 Å². The van der Waals surface area contributed by atoms with Crippen LogP contribution < -0.4 is 10.1 Å². The molecule has 1 aliphatic heterocycles. The topological polar surface area (TPSA) is 21.3 Å². The highest BCUT2D eigenvalue weighted by molar-refractivity contribution is 5.44. The minimum atomic E-state index is 0.331. The highest BCUT2D eigenvalue weighted by Gasteiger charge is 2.19. The third-order valence-electron chi connectivity index (χ3n) is 3.96. The van der Waals surface area contributed by atoms with E-state index in [9.17, 15) is 0 Å². The molecule has 0 radical (unpaired) electrons. The first kappa shape index (κ1) is 11.1. The molecular formula is C15H21NO. The molecule has 0 saturated heterocycles. The monoisotopic (exact) mass is 231 g/mol. The summed E-state index contributed by atoms with van der Waals surface area (Å²) in [4.78, 5) is 0. The third kappa shape index (κ3) is 2.19. The van der Waals surface area contributed by atoms with Crippen molar-refractivity contribution in [3.63, 3.8) is 0 Å². The molecule has 1 heterocycles. The van der Waals surface area contributed by atoms with Crippen LogP contribution in [0.3, 0.4) is 0 Å². The Bertz CT molecular complexity index is 414. The molecule has 0 bridgehead atoms. The Kier molecular flexibility index (Phi) is 3.06. The summed E-state index contributed by atoms with van der Waals surface area (Å²) in [6, 6.07) is 4.67. The van der Waals surface area contributed by atoms with E-state index in [2.05, 4.69) is 24.4 Å².